The second-order valence-corrected chi connectivity index (χ2v) is 5.13. The third-order valence-electron chi connectivity index (χ3n) is 3.11. The maximum atomic E-state index is 11.9. The molecule has 0 aliphatic carbocycles. The summed E-state index contributed by atoms with van der Waals surface area (Å²) in [5.74, 6) is -0.227. The number of ether oxygens (including phenoxy) is 1. The first kappa shape index (κ1) is 13.6. The molecule has 0 N–H and O–H groups in total. The highest BCUT2D eigenvalue weighted by molar-refractivity contribution is 6.34. The van der Waals surface area contributed by atoms with Crippen LogP contribution in [0, 0.1) is 6.92 Å². The first-order chi connectivity index (χ1) is 10.1. The van der Waals surface area contributed by atoms with E-state index in [-0.39, 0.29) is 11.6 Å². The molecule has 2 aromatic rings. The lowest BCUT2D eigenvalue weighted by atomic mass is 10.1. The first-order valence-corrected chi connectivity index (χ1v) is 6.85. The molecule has 0 aromatic heterocycles. The van der Waals surface area contributed by atoms with E-state index in [0.717, 1.165) is 11.1 Å². The van der Waals surface area contributed by atoms with E-state index in [1.54, 1.807) is 18.2 Å². The molecular formula is C17H12ClNO2. The highest BCUT2D eigenvalue weighted by atomic mass is 35.5. The molecule has 1 heterocycles. The van der Waals surface area contributed by atoms with E-state index in [1.165, 1.54) is 0 Å². The fraction of sp³-hybridized carbons (Fsp3) is 0.0588. The van der Waals surface area contributed by atoms with Gasteiger partial charge < -0.3 is 4.74 Å². The van der Waals surface area contributed by atoms with Crippen LogP contribution in [-0.2, 0) is 9.53 Å². The molecule has 0 unspecified atom stereocenters. The predicted molar refractivity (Wildman–Crippen MR) is 83.2 cm³/mol. The van der Waals surface area contributed by atoms with Crippen molar-refractivity contribution in [2.75, 3.05) is 0 Å². The van der Waals surface area contributed by atoms with Gasteiger partial charge in [0.25, 0.3) is 0 Å². The number of benzene rings is 2. The average molecular weight is 298 g/mol. The molecule has 0 amide bonds. The van der Waals surface area contributed by atoms with Crippen LogP contribution in [0.3, 0.4) is 0 Å². The van der Waals surface area contributed by atoms with Crippen LogP contribution in [0.2, 0.25) is 5.02 Å². The highest BCUT2D eigenvalue weighted by Gasteiger charge is 2.25. The maximum Gasteiger partial charge on any atom is 0.363 e. The van der Waals surface area contributed by atoms with Crippen LogP contribution in [0.4, 0.5) is 0 Å². The quantitative estimate of drug-likeness (QED) is 0.621. The van der Waals surface area contributed by atoms with Gasteiger partial charge in [0.05, 0.1) is 10.6 Å². The molecule has 0 saturated carbocycles. The van der Waals surface area contributed by atoms with Crippen LogP contribution in [0.1, 0.15) is 16.7 Å². The van der Waals surface area contributed by atoms with Crippen molar-refractivity contribution in [2.45, 2.75) is 6.92 Å². The zero-order chi connectivity index (χ0) is 14.8. The minimum atomic E-state index is -0.467. The van der Waals surface area contributed by atoms with E-state index >= 15 is 0 Å². The van der Waals surface area contributed by atoms with Crippen LogP contribution >= 0.6 is 11.6 Å². The zero-order valence-corrected chi connectivity index (χ0v) is 12.1. The molecule has 3 rings (SSSR count). The highest BCUT2D eigenvalue weighted by Crippen LogP contribution is 2.23. The standard InChI is InChI=1S/C17H12ClNO2/c1-11-6-8-12(9-7-11)10-15-17(20)21-16(19-15)13-4-2-3-5-14(13)18/h2-10H,1H3. The Morgan fingerprint density at radius 3 is 2.52 bits per heavy atom. The third-order valence-corrected chi connectivity index (χ3v) is 3.44. The summed E-state index contributed by atoms with van der Waals surface area (Å²) in [6, 6.07) is 14.9. The summed E-state index contributed by atoms with van der Waals surface area (Å²) in [4.78, 5) is 16.1. The molecular weight excluding hydrogens is 286 g/mol. The molecule has 0 spiro atoms. The van der Waals surface area contributed by atoms with Crippen LogP contribution in [0.15, 0.2) is 59.2 Å². The second-order valence-electron chi connectivity index (χ2n) is 4.73. The molecule has 4 heteroatoms. The minimum Gasteiger partial charge on any atom is -0.402 e. The van der Waals surface area contributed by atoms with Crippen LogP contribution in [-0.4, -0.2) is 11.9 Å². The van der Waals surface area contributed by atoms with E-state index < -0.39 is 5.97 Å². The number of carbonyl (C=O) groups excluding carboxylic acids is 1. The molecule has 0 fully saturated rings. The number of aryl methyl sites for hydroxylation is 1. The first-order valence-electron chi connectivity index (χ1n) is 6.47. The lowest BCUT2D eigenvalue weighted by molar-refractivity contribution is -0.129. The van der Waals surface area contributed by atoms with Crippen molar-refractivity contribution in [1.29, 1.82) is 0 Å². The van der Waals surface area contributed by atoms with Crippen molar-refractivity contribution >= 4 is 29.5 Å². The van der Waals surface area contributed by atoms with Crippen LogP contribution in [0.25, 0.3) is 6.08 Å². The van der Waals surface area contributed by atoms with Gasteiger partial charge in [0.1, 0.15) is 0 Å². The van der Waals surface area contributed by atoms with Gasteiger partial charge in [-0.05, 0) is 30.7 Å². The minimum absolute atomic E-state index is 0.240. The largest absolute Gasteiger partial charge is 0.402 e. The molecule has 2 aromatic carbocycles. The van der Waals surface area contributed by atoms with E-state index in [9.17, 15) is 4.79 Å². The number of hydrogen-bond acceptors (Lipinski definition) is 3. The lowest BCUT2D eigenvalue weighted by Crippen LogP contribution is -2.05. The lowest BCUT2D eigenvalue weighted by Gasteiger charge is -2.00. The molecule has 0 saturated heterocycles. The molecule has 0 bridgehead atoms. The van der Waals surface area contributed by atoms with Gasteiger partial charge in [0.15, 0.2) is 5.70 Å². The Balaban J connectivity index is 1.96. The topological polar surface area (TPSA) is 38.7 Å². The molecule has 1 aliphatic heterocycles. The Labute approximate surface area is 127 Å². The van der Waals surface area contributed by atoms with Gasteiger partial charge in [-0.1, -0.05) is 53.6 Å². The SMILES string of the molecule is Cc1ccc(C=C2N=C(c3ccccc3Cl)OC2=O)cc1. The molecule has 104 valence electrons. The number of cyclic esters (lactones) is 1. The van der Waals surface area contributed by atoms with E-state index in [0.29, 0.717) is 10.6 Å². The number of aliphatic imine (C=N–C) groups is 1. The Bertz CT molecular complexity index is 761. The molecule has 3 nitrogen and oxygen atoms in total. The Kier molecular flexibility index (Phi) is 3.59. The van der Waals surface area contributed by atoms with E-state index in [4.69, 9.17) is 16.3 Å². The van der Waals surface area contributed by atoms with Crippen molar-refractivity contribution in [1.82, 2.24) is 0 Å². The zero-order valence-electron chi connectivity index (χ0n) is 11.3. The Hall–Kier alpha value is -2.39. The van der Waals surface area contributed by atoms with E-state index in [1.807, 2.05) is 43.3 Å². The van der Waals surface area contributed by atoms with Crippen molar-refractivity contribution in [2.24, 2.45) is 4.99 Å². The van der Waals surface area contributed by atoms with Crippen molar-refractivity contribution in [3.05, 3.63) is 75.9 Å². The van der Waals surface area contributed by atoms with Gasteiger partial charge in [0, 0.05) is 0 Å². The van der Waals surface area contributed by atoms with E-state index in [2.05, 4.69) is 4.99 Å². The van der Waals surface area contributed by atoms with Crippen molar-refractivity contribution in [3.63, 3.8) is 0 Å². The average Bonchev–Trinajstić information content (AvgIpc) is 2.83. The summed E-state index contributed by atoms with van der Waals surface area (Å²) in [5.41, 5.74) is 2.94. The monoisotopic (exact) mass is 297 g/mol. The van der Waals surface area contributed by atoms with Gasteiger partial charge in [0.2, 0.25) is 5.90 Å². The number of nitrogens with zero attached hydrogens (tertiary/aromatic N) is 1. The predicted octanol–water partition coefficient (Wildman–Crippen LogP) is 3.99. The summed E-state index contributed by atoms with van der Waals surface area (Å²) in [7, 11) is 0. The Morgan fingerprint density at radius 1 is 1.10 bits per heavy atom. The summed E-state index contributed by atoms with van der Waals surface area (Å²) in [6.07, 6.45) is 1.70. The number of carbonyl (C=O) groups is 1. The van der Waals surface area contributed by atoms with Crippen molar-refractivity contribution < 1.29 is 9.53 Å². The molecule has 0 radical (unpaired) electrons. The fourth-order valence-corrected chi connectivity index (χ4v) is 2.20. The fourth-order valence-electron chi connectivity index (χ4n) is 1.98. The maximum absolute atomic E-state index is 11.9. The molecule has 21 heavy (non-hydrogen) atoms. The number of rotatable bonds is 2. The second kappa shape index (κ2) is 5.54. The smallest absolute Gasteiger partial charge is 0.363 e. The summed E-state index contributed by atoms with van der Waals surface area (Å²) in [5, 5.41) is 0.501. The van der Waals surface area contributed by atoms with Gasteiger partial charge >= 0.3 is 5.97 Å². The van der Waals surface area contributed by atoms with Gasteiger partial charge in [-0.15, -0.1) is 0 Å². The van der Waals surface area contributed by atoms with Gasteiger partial charge in [-0.25, -0.2) is 9.79 Å². The van der Waals surface area contributed by atoms with Gasteiger partial charge in [-0.2, -0.15) is 0 Å². The number of hydrogen-bond donors (Lipinski definition) is 0. The number of halogens is 1. The summed E-state index contributed by atoms with van der Waals surface area (Å²) < 4.78 is 5.20. The Morgan fingerprint density at radius 2 is 1.81 bits per heavy atom. The van der Waals surface area contributed by atoms with Crippen molar-refractivity contribution in [3.8, 4) is 0 Å². The van der Waals surface area contributed by atoms with Gasteiger partial charge in [-0.3, -0.25) is 0 Å². The molecule has 0 atom stereocenters. The van der Waals surface area contributed by atoms with Crippen LogP contribution < -0.4 is 0 Å². The molecule has 1 aliphatic rings. The normalized spacial score (nSPS) is 16.0. The summed E-state index contributed by atoms with van der Waals surface area (Å²) >= 11 is 6.09. The third kappa shape index (κ3) is 2.88. The van der Waals surface area contributed by atoms with Crippen LogP contribution in [0.5, 0.6) is 0 Å². The number of esters is 1. The summed E-state index contributed by atoms with van der Waals surface area (Å²) in [6.45, 7) is 2.01.